The Bertz CT molecular complexity index is 875. The summed E-state index contributed by atoms with van der Waals surface area (Å²) < 4.78 is 0. The first-order valence-electron chi connectivity index (χ1n) is 8.36. The third-order valence-corrected chi connectivity index (χ3v) is 5.49. The van der Waals surface area contributed by atoms with Gasteiger partial charge in [0, 0.05) is 35.9 Å². The van der Waals surface area contributed by atoms with Gasteiger partial charge in [-0.3, -0.25) is 0 Å². The van der Waals surface area contributed by atoms with Crippen molar-refractivity contribution in [3.05, 3.63) is 66.2 Å². The highest BCUT2D eigenvalue weighted by atomic mass is 32.2. The van der Waals surface area contributed by atoms with E-state index in [1.807, 2.05) is 11.8 Å². The third-order valence-electron chi connectivity index (χ3n) is 4.77. The molecule has 1 aliphatic heterocycles. The van der Waals surface area contributed by atoms with Crippen LogP contribution in [-0.2, 0) is 6.54 Å². The second-order valence-electron chi connectivity index (χ2n) is 6.42. The molecule has 0 amide bonds. The maximum absolute atomic E-state index is 2.47. The number of rotatable bonds is 2. The van der Waals surface area contributed by atoms with Gasteiger partial charge in [-0.05, 0) is 60.0 Å². The summed E-state index contributed by atoms with van der Waals surface area (Å²) in [6.45, 7) is 3.09. The van der Waals surface area contributed by atoms with E-state index < -0.39 is 0 Å². The molecule has 0 bridgehead atoms. The van der Waals surface area contributed by atoms with Crippen LogP contribution in [0.3, 0.4) is 0 Å². The maximum Gasteiger partial charge on any atom is 0.0457 e. The highest BCUT2D eigenvalue weighted by Gasteiger charge is 2.19. The molecule has 0 aliphatic carbocycles. The Hall–Kier alpha value is -1.97. The molecule has 0 aromatic heterocycles. The number of fused-ring (bicyclic) bond motifs is 2. The quantitative estimate of drug-likeness (QED) is 0.599. The number of thioether (sulfide) groups is 1. The molecule has 3 aromatic rings. The molecule has 24 heavy (non-hydrogen) atoms. The van der Waals surface area contributed by atoms with E-state index in [4.69, 9.17) is 0 Å². The molecule has 1 heterocycles. The average Bonchev–Trinajstić information content (AvgIpc) is 2.78. The van der Waals surface area contributed by atoms with E-state index in [1.165, 1.54) is 32.6 Å². The van der Waals surface area contributed by atoms with Crippen LogP contribution >= 0.6 is 11.8 Å². The molecule has 3 heteroatoms. The molecule has 4 rings (SSSR count). The summed E-state index contributed by atoms with van der Waals surface area (Å²) in [7, 11) is 2.21. The van der Waals surface area contributed by atoms with Gasteiger partial charge >= 0.3 is 0 Å². The van der Waals surface area contributed by atoms with Gasteiger partial charge in [-0.15, -0.1) is 11.8 Å². The summed E-state index contributed by atoms with van der Waals surface area (Å²) in [4.78, 5) is 6.21. The fraction of sp³-hybridized carbons (Fsp3) is 0.238. The van der Waals surface area contributed by atoms with Crippen molar-refractivity contribution in [2.45, 2.75) is 11.4 Å². The van der Waals surface area contributed by atoms with E-state index in [0.717, 1.165) is 19.6 Å². The van der Waals surface area contributed by atoms with Crippen molar-refractivity contribution in [3.8, 4) is 0 Å². The fourth-order valence-corrected chi connectivity index (χ4v) is 3.92. The van der Waals surface area contributed by atoms with Gasteiger partial charge in [0.15, 0.2) is 0 Å². The lowest BCUT2D eigenvalue weighted by molar-refractivity contribution is 0.343. The van der Waals surface area contributed by atoms with E-state index in [-0.39, 0.29) is 0 Å². The lowest BCUT2D eigenvalue weighted by Crippen LogP contribution is -2.26. The van der Waals surface area contributed by atoms with Crippen molar-refractivity contribution in [1.29, 1.82) is 0 Å². The van der Waals surface area contributed by atoms with Crippen LogP contribution in [0.4, 0.5) is 11.4 Å². The first-order valence-corrected chi connectivity index (χ1v) is 9.59. The Morgan fingerprint density at radius 3 is 2.54 bits per heavy atom. The van der Waals surface area contributed by atoms with Crippen LogP contribution in [0, 0.1) is 0 Å². The second-order valence-corrected chi connectivity index (χ2v) is 7.30. The topological polar surface area (TPSA) is 6.48 Å². The van der Waals surface area contributed by atoms with Crippen LogP contribution < -0.4 is 4.90 Å². The predicted molar refractivity (Wildman–Crippen MR) is 106 cm³/mol. The van der Waals surface area contributed by atoms with Crippen molar-refractivity contribution in [2.75, 3.05) is 31.3 Å². The summed E-state index contributed by atoms with van der Waals surface area (Å²) in [5.41, 5.74) is 4.03. The van der Waals surface area contributed by atoms with Gasteiger partial charge < -0.3 is 9.80 Å². The Labute approximate surface area is 148 Å². The van der Waals surface area contributed by atoms with Crippen LogP contribution in [0.15, 0.2) is 65.6 Å². The van der Waals surface area contributed by atoms with Gasteiger partial charge in [-0.25, -0.2) is 0 Å². The molecule has 0 saturated carbocycles. The van der Waals surface area contributed by atoms with Gasteiger partial charge in [0.05, 0.1) is 0 Å². The molecule has 0 spiro atoms. The summed E-state index contributed by atoms with van der Waals surface area (Å²) in [6, 6.07) is 22.2. The molecule has 0 radical (unpaired) electrons. The van der Waals surface area contributed by atoms with Crippen LogP contribution in [0.2, 0.25) is 0 Å². The molecular formula is C21H22N2S. The van der Waals surface area contributed by atoms with Crippen molar-refractivity contribution in [2.24, 2.45) is 0 Å². The predicted octanol–water partition coefficient (Wildman–Crippen LogP) is 5.15. The smallest absolute Gasteiger partial charge is 0.0457 e. The summed E-state index contributed by atoms with van der Waals surface area (Å²) in [5.74, 6) is 0. The number of hydrogen-bond donors (Lipinski definition) is 0. The minimum atomic E-state index is 1.01. The van der Waals surface area contributed by atoms with Gasteiger partial charge in [-0.1, -0.05) is 30.3 Å². The van der Waals surface area contributed by atoms with Crippen LogP contribution in [0.5, 0.6) is 0 Å². The van der Waals surface area contributed by atoms with E-state index in [0.29, 0.717) is 0 Å². The van der Waals surface area contributed by atoms with Crippen LogP contribution in [0.25, 0.3) is 10.8 Å². The Morgan fingerprint density at radius 2 is 1.71 bits per heavy atom. The number of anilines is 2. The molecule has 0 unspecified atom stereocenters. The first-order chi connectivity index (χ1) is 11.7. The SMILES string of the molecule is CSc1ccc2c(c1)CN(C)CCN2c1ccc2ccccc2c1. The summed E-state index contributed by atoms with van der Waals surface area (Å²) in [5, 5.41) is 2.60. The normalized spacial score (nSPS) is 15.3. The first kappa shape index (κ1) is 15.6. The van der Waals surface area contributed by atoms with Crippen LogP contribution in [0.1, 0.15) is 5.56 Å². The molecule has 122 valence electrons. The summed E-state index contributed by atoms with van der Waals surface area (Å²) in [6.07, 6.45) is 2.14. The largest absolute Gasteiger partial charge is 0.340 e. The third kappa shape index (κ3) is 2.90. The van der Waals surface area contributed by atoms with E-state index in [1.54, 1.807) is 0 Å². The molecule has 3 aromatic carbocycles. The Balaban J connectivity index is 1.81. The molecule has 0 fully saturated rings. The fourth-order valence-electron chi connectivity index (χ4n) is 3.45. The number of likely N-dealkylation sites (N-methyl/N-ethyl adjacent to an activating group) is 1. The Kier molecular flexibility index (Phi) is 4.21. The zero-order valence-corrected chi connectivity index (χ0v) is 15.0. The number of hydrogen-bond acceptors (Lipinski definition) is 3. The average molecular weight is 334 g/mol. The van der Waals surface area contributed by atoms with Crippen LogP contribution in [-0.4, -0.2) is 31.3 Å². The zero-order chi connectivity index (χ0) is 16.5. The standard InChI is InChI=1S/C21H22N2S/c1-22-11-12-23(21-10-9-20(24-2)14-18(21)15-22)19-8-7-16-5-3-4-6-17(16)13-19/h3-10,13-14H,11-12,15H2,1-2H3. The van der Waals surface area contributed by atoms with Crippen molar-refractivity contribution in [3.63, 3.8) is 0 Å². The molecule has 1 aliphatic rings. The van der Waals surface area contributed by atoms with Crippen molar-refractivity contribution < 1.29 is 0 Å². The van der Waals surface area contributed by atoms with Gasteiger partial charge in [0.25, 0.3) is 0 Å². The minimum Gasteiger partial charge on any atom is -0.340 e. The molecule has 0 saturated heterocycles. The molecule has 2 nitrogen and oxygen atoms in total. The second kappa shape index (κ2) is 6.50. The van der Waals surface area contributed by atoms with Crippen molar-refractivity contribution in [1.82, 2.24) is 4.90 Å². The number of nitrogens with zero attached hydrogens (tertiary/aromatic N) is 2. The number of benzene rings is 3. The Morgan fingerprint density at radius 1 is 0.875 bits per heavy atom. The zero-order valence-electron chi connectivity index (χ0n) is 14.2. The lowest BCUT2D eigenvalue weighted by atomic mass is 10.1. The molecule has 0 N–H and O–H groups in total. The van der Waals surface area contributed by atoms with Gasteiger partial charge in [-0.2, -0.15) is 0 Å². The lowest BCUT2D eigenvalue weighted by Gasteiger charge is -2.25. The highest BCUT2D eigenvalue weighted by molar-refractivity contribution is 7.98. The van der Waals surface area contributed by atoms with Gasteiger partial charge in [0.1, 0.15) is 0 Å². The monoisotopic (exact) mass is 334 g/mol. The van der Waals surface area contributed by atoms with E-state index in [9.17, 15) is 0 Å². The van der Waals surface area contributed by atoms with E-state index >= 15 is 0 Å². The van der Waals surface area contributed by atoms with Gasteiger partial charge in [0.2, 0.25) is 0 Å². The van der Waals surface area contributed by atoms with E-state index in [2.05, 4.69) is 83.8 Å². The summed E-state index contributed by atoms with van der Waals surface area (Å²) >= 11 is 1.81. The highest BCUT2D eigenvalue weighted by Crippen LogP contribution is 2.34. The maximum atomic E-state index is 2.47. The molecule has 0 atom stereocenters. The van der Waals surface area contributed by atoms with Crippen molar-refractivity contribution >= 4 is 33.9 Å². The minimum absolute atomic E-state index is 1.01. The molecular weight excluding hydrogens is 312 g/mol.